The lowest BCUT2D eigenvalue weighted by atomic mass is 9.76. The van der Waals surface area contributed by atoms with Crippen LogP contribution >= 0.6 is 11.6 Å². The average molecular weight is 323 g/mol. The lowest BCUT2D eigenvalue weighted by molar-refractivity contribution is -0.119. The van der Waals surface area contributed by atoms with Gasteiger partial charge in [0.1, 0.15) is 0 Å². The number of hydrogen-bond donors (Lipinski definition) is 1. The Labute approximate surface area is 136 Å². The standard InChI is InChI=1S/C17H23ClN2O2/c18-14-3-1-2-13(8-14)9-15-10-17(12-22-15)4-6-20(7-5-17)11-16(19)21/h1-3,8,15H,4-7,9-12H2,(H2,19,21)/t15-/m1/s1. The Morgan fingerprint density at radius 2 is 2.18 bits per heavy atom. The van der Waals surface area contributed by atoms with E-state index in [0.717, 1.165) is 50.4 Å². The number of carbonyl (C=O) groups excluding carboxylic acids is 1. The molecule has 1 aromatic rings. The minimum absolute atomic E-state index is 0.238. The molecule has 0 aromatic heterocycles. The van der Waals surface area contributed by atoms with Gasteiger partial charge in [0.25, 0.3) is 0 Å². The maximum absolute atomic E-state index is 11.0. The van der Waals surface area contributed by atoms with Gasteiger partial charge >= 0.3 is 0 Å². The number of hydrogen-bond acceptors (Lipinski definition) is 3. The van der Waals surface area contributed by atoms with Crippen molar-refractivity contribution in [1.29, 1.82) is 0 Å². The van der Waals surface area contributed by atoms with Crippen LogP contribution in [0.4, 0.5) is 0 Å². The van der Waals surface area contributed by atoms with E-state index < -0.39 is 0 Å². The topological polar surface area (TPSA) is 55.6 Å². The summed E-state index contributed by atoms with van der Waals surface area (Å²) in [5.41, 5.74) is 6.80. The zero-order valence-electron chi connectivity index (χ0n) is 12.8. The lowest BCUT2D eigenvalue weighted by Gasteiger charge is -2.37. The summed E-state index contributed by atoms with van der Waals surface area (Å²) < 4.78 is 6.05. The molecule has 0 radical (unpaired) electrons. The normalized spacial score (nSPS) is 24.7. The maximum Gasteiger partial charge on any atom is 0.231 e. The molecule has 120 valence electrons. The monoisotopic (exact) mass is 322 g/mol. The fraction of sp³-hybridized carbons (Fsp3) is 0.588. The third-order valence-corrected chi connectivity index (χ3v) is 5.17. The second-order valence-corrected chi connectivity index (χ2v) is 7.15. The summed E-state index contributed by atoms with van der Waals surface area (Å²) >= 11 is 6.05. The molecule has 0 saturated carbocycles. The smallest absolute Gasteiger partial charge is 0.231 e. The molecule has 4 nitrogen and oxygen atoms in total. The van der Waals surface area contributed by atoms with Crippen molar-refractivity contribution in [1.82, 2.24) is 4.90 Å². The Kier molecular flexibility index (Phi) is 4.71. The SMILES string of the molecule is NC(=O)CN1CCC2(CC1)CO[C@H](Cc1cccc(Cl)c1)C2. The average Bonchev–Trinajstić information content (AvgIpc) is 2.84. The number of piperidine rings is 1. The van der Waals surface area contributed by atoms with E-state index in [1.165, 1.54) is 5.56 Å². The molecule has 1 atom stereocenters. The van der Waals surface area contributed by atoms with Gasteiger partial charge in [0.15, 0.2) is 0 Å². The van der Waals surface area contributed by atoms with E-state index >= 15 is 0 Å². The highest BCUT2D eigenvalue weighted by atomic mass is 35.5. The van der Waals surface area contributed by atoms with Crippen LogP contribution in [0.3, 0.4) is 0 Å². The molecular weight excluding hydrogens is 300 g/mol. The van der Waals surface area contributed by atoms with Gasteiger partial charge in [0.05, 0.1) is 19.3 Å². The lowest BCUT2D eigenvalue weighted by Crippen LogP contribution is -2.44. The summed E-state index contributed by atoms with van der Waals surface area (Å²) in [4.78, 5) is 13.2. The van der Waals surface area contributed by atoms with Crippen molar-refractivity contribution in [3.8, 4) is 0 Å². The summed E-state index contributed by atoms with van der Waals surface area (Å²) in [6, 6.07) is 8.02. The minimum atomic E-state index is -0.238. The molecule has 0 unspecified atom stereocenters. The van der Waals surface area contributed by atoms with E-state index in [1.54, 1.807) is 0 Å². The van der Waals surface area contributed by atoms with Gasteiger partial charge < -0.3 is 10.5 Å². The van der Waals surface area contributed by atoms with Crippen molar-refractivity contribution >= 4 is 17.5 Å². The Morgan fingerprint density at radius 3 is 2.86 bits per heavy atom. The van der Waals surface area contributed by atoms with E-state index in [2.05, 4.69) is 11.0 Å². The van der Waals surface area contributed by atoms with E-state index in [9.17, 15) is 4.79 Å². The first-order valence-electron chi connectivity index (χ1n) is 7.91. The fourth-order valence-corrected chi connectivity index (χ4v) is 3.92. The molecule has 0 bridgehead atoms. The Balaban J connectivity index is 1.53. The van der Waals surface area contributed by atoms with Crippen LogP contribution in [0.1, 0.15) is 24.8 Å². The molecule has 2 heterocycles. The second kappa shape index (κ2) is 6.57. The quantitative estimate of drug-likeness (QED) is 0.925. The number of ether oxygens (including phenoxy) is 1. The number of primary amides is 1. The molecule has 2 aliphatic heterocycles. The third kappa shape index (κ3) is 3.80. The van der Waals surface area contributed by atoms with Crippen molar-refractivity contribution in [3.05, 3.63) is 34.9 Å². The van der Waals surface area contributed by atoms with Crippen LogP contribution in [-0.2, 0) is 16.0 Å². The number of likely N-dealkylation sites (tertiary alicyclic amines) is 1. The Bertz CT molecular complexity index is 541. The molecule has 3 rings (SSSR count). The van der Waals surface area contributed by atoms with Crippen LogP contribution < -0.4 is 5.73 Å². The second-order valence-electron chi connectivity index (χ2n) is 6.71. The van der Waals surface area contributed by atoms with Gasteiger partial charge in [-0.2, -0.15) is 0 Å². The number of nitrogens with two attached hydrogens (primary N) is 1. The van der Waals surface area contributed by atoms with Gasteiger partial charge in [-0.25, -0.2) is 0 Å². The highest BCUT2D eigenvalue weighted by Gasteiger charge is 2.42. The van der Waals surface area contributed by atoms with Gasteiger partial charge in [-0.15, -0.1) is 0 Å². The number of carbonyl (C=O) groups is 1. The molecule has 1 spiro atoms. The van der Waals surface area contributed by atoms with E-state index in [4.69, 9.17) is 22.1 Å². The maximum atomic E-state index is 11.0. The predicted molar refractivity (Wildman–Crippen MR) is 86.8 cm³/mol. The van der Waals surface area contributed by atoms with Crippen LogP contribution in [0.25, 0.3) is 0 Å². The summed E-state index contributed by atoms with van der Waals surface area (Å²) in [7, 11) is 0. The van der Waals surface area contributed by atoms with Crippen molar-refractivity contribution in [2.24, 2.45) is 11.1 Å². The van der Waals surface area contributed by atoms with Gasteiger partial charge in [-0.05, 0) is 61.9 Å². The molecule has 2 fully saturated rings. The summed E-state index contributed by atoms with van der Waals surface area (Å²) in [5.74, 6) is -0.238. The molecule has 5 heteroatoms. The number of amides is 1. The van der Waals surface area contributed by atoms with Crippen molar-refractivity contribution in [3.63, 3.8) is 0 Å². The summed E-state index contributed by atoms with van der Waals surface area (Å²) in [6.45, 7) is 3.10. The largest absolute Gasteiger partial charge is 0.377 e. The highest BCUT2D eigenvalue weighted by molar-refractivity contribution is 6.30. The van der Waals surface area contributed by atoms with E-state index in [-0.39, 0.29) is 17.4 Å². The molecule has 2 saturated heterocycles. The van der Waals surface area contributed by atoms with E-state index in [0.29, 0.717) is 6.54 Å². The minimum Gasteiger partial charge on any atom is -0.377 e. The van der Waals surface area contributed by atoms with Gasteiger partial charge in [-0.3, -0.25) is 9.69 Å². The van der Waals surface area contributed by atoms with Crippen LogP contribution in [0.5, 0.6) is 0 Å². The van der Waals surface area contributed by atoms with Crippen molar-refractivity contribution in [2.75, 3.05) is 26.2 Å². The zero-order chi connectivity index (χ0) is 15.6. The van der Waals surface area contributed by atoms with Crippen molar-refractivity contribution < 1.29 is 9.53 Å². The molecule has 2 N–H and O–H groups in total. The molecule has 1 aromatic carbocycles. The fourth-order valence-electron chi connectivity index (χ4n) is 3.71. The molecule has 1 amide bonds. The molecule has 2 aliphatic rings. The van der Waals surface area contributed by atoms with Gasteiger partial charge in [-0.1, -0.05) is 23.7 Å². The predicted octanol–water partition coefficient (Wildman–Crippen LogP) is 2.24. The Morgan fingerprint density at radius 1 is 1.41 bits per heavy atom. The van der Waals surface area contributed by atoms with Gasteiger partial charge in [0, 0.05) is 5.02 Å². The van der Waals surface area contributed by atoms with Crippen LogP contribution in [-0.4, -0.2) is 43.2 Å². The van der Waals surface area contributed by atoms with Gasteiger partial charge in [0.2, 0.25) is 5.91 Å². The first-order valence-corrected chi connectivity index (χ1v) is 8.29. The summed E-state index contributed by atoms with van der Waals surface area (Å²) in [6.07, 6.45) is 4.48. The van der Waals surface area contributed by atoms with E-state index in [1.807, 2.05) is 18.2 Å². The molecule has 22 heavy (non-hydrogen) atoms. The van der Waals surface area contributed by atoms with Crippen LogP contribution in [0.15, 0.2) is 24.3 Å². The first-order chi connectivity index (χ1) is 10.5. The third-order valence-electron chi connectivity index (χ3n) is 4.93. The van der Waals surface area contributed by atoms with Crippen LogP contribution in [0.2, 0.25) is 5.02 Å². The zero-order valence-corrected chi connectivity index (χ0v) is 13.5. The Hall–Kier alpha value is -1.10. The van der Waals surface area contributed by atoms with Crippen molar-refractivity contribution in [2.45, 2.75) is 31.8 Å². The number of halogens is 1. The summed E-state index contributed by atoms with van der Waals surface area (Å²) in [5, 5.41) is 0.782. The molecule has 0 aliphatic carbocycles. The number of nitrogens with zero attached hydrogens (tertiary/aromatic N) is 1. The first kappa shape index (κ1) is 15.8. The highest BCUT2D eigenvalue weighted by Crippen LogP contribution is 2.42. The van der Waals surface area contributed by atoms with Crippen LogP contribution in [0, 0.1) is 5.41 Å². The number of benzene rings is 1. The molecular formula is C17H23ClN2O2. The number of rotatable bonds is 4.